The standard InChI is InChI=1S/C13H24N2O5S/c16-10-9-14-5-2-6-15(8-7-14)21(19,20)12-4-1-3-11(12)13(17)18/h11-12,16H,1-10H2,(H,17,18). The first-order chi connectivity index (χ1) is 9.96. The van der Waals surface area contributed by atoms with E-state index in [1.54, 1.807) is 0 Å². The van der Waals surface area contributed by atoms with Crippen LogP contribution < -0.4 is 0 Å². The molecule has 1 aliphatic carbocycles. The number of carboxylic acids is 1. The topological polar surface area (TPSA) is 98.1 Å². The van der Waals surface area contributed by atoms with Crippen molar-refractivity contribution in [1.82, 2.24) is 9.21 Å². The maximum Gasteiger partial charge on any atom is 0.307 e. The summed E-state index contributed by atoms with van der Waals surface area (Å²) in [6.07, 6.45) is 2.26. The summed E-state index contributed by atoms with van der Waals surface area (Å²) in [5.41, 5.74) is 0. The van der Waals surface area contributed by atoms with Gasteiger partial charge in [-0.1, -0.05) is 6.42 Å². The van der Waals surface area contributed by atoms with Crippen LogP contribution in [-0.4, -0.2) is 78.4 Å². The molecular weight excluding hydrogens is 296 g/mol. The second-order valence-corrected chi connectivity index (χ2v) is 7.93. The molecule has 1 saturated carbocycles. The first-order valence-electron chi connectivity index (χ1n) is 7.52. The number of aliphatic carboxylic acids is 1. The minimum atomic E-state index is -3.55. The Kier molecular flexibility index (Phi) is 5.59. The van der Waals surface area contributed by atoms with Crippen molar-refractivity contribution in [2.24, 2.45) is 5.92 Å². The van der Waals surface area contributed by atoms with Crippen molar-refractivity contribution < 1.29 is 23.4 Å². The van der Waals surface area contributed by atoms with Crippen LogP contribution in [0.25, 0.3) is 0 Å². The Labute approximate surface area is 125 Å². The Morgan fingerprint density at radius 1 is 1.10 bits per heavy atom. The highest BCUT2D eigenvalue weighted by Crippen LogP contribution is 2.33. The number of carboxylic acid groups (broad SMARTS) is 1. The van der Waals surface area contributed by atoms with E-state index in [1.165, 1.54) is 4.31 Å². The highest BCUT2D eigenvalue weighted by molar-refractivity contribution is 7.89. The molecule has 2 fully saturated rings. The number of β-amino-alcohol motifs (C(OH)–C–C–N with tert-alkyl or cyclic N) is 1. The van der Waals surface area contributed by atoms with E-state index in [9.17, 15) is 18.3 Å². The third-order valence-electron chi connectivity index (χ3n) is 4.48. The number of sulfonamides is 1. The van der Waals surface area contributed by atoms with Crippen LogP contribution in [0.3, 0.4) is 0 Å². The summed E-state index contributed by atoms with van der Waals surface area (Å²) < 4.78 is 26.9. The normalized spacial score (nSPS) is 29.4. The predicted octanol–water partition coefficient (Wildman–Crippen LogP) is -0.430. The molecule has 7 nitrogen and oxygen atoms in total. The molecule has 2 N–H and O–H groups in total. The number of hydrogen-bond donors (Lipinski definition) is 2. The van der Waals surface area contributed by atoms with Gasteiger partial charge in [0.25, 0.3) is 0 Å². The number of aliphatic hydroxyl groups is 1. The lowest BCUT2D eigenvalue weighted by Gasteiger charge is -2.26. The number of rotatable bonds is 5. The van der Waals surface area contributed by atoms with Crippen molar-refractivity contribution >= 4 is 16.0 Å². The smallest absolute Gasteiger partial charge is 0.307 e. The molecule has 21 heavy (non-hydrogen) atoms. The zero-order valence-corrected chi connectivity index (χ0v) is 13.0. The molecule has 1 aliphatic heterocycles. The van der Waals surface area contributed by atoms with Gasteiger partial charge in [-0.05, 0) is 25.8 Å². The molecule has 2 rings (SSSR count). The number of aliphatic hydroxyl groups excluding tert-OH is 1. The molecule has 2 unspecified atom stereocenters. The van der Waals surface area contributed by atoms with Crippen LogP contribution in [-0.2, 0) is 14.8 Å². The van der Waals surface area contributed by atoms with Crippen LogP contribution in [0.4, 0.5) is 0 Å². The summed E-state index contributed by atoms with van der Waals surface area (Å²) in [7, 11) is -3.55. The zero-order chi connectivity index (χ0) is 15.5. The van der Waals surface area contributed by atoms with Gasteiger partial charge in [0.1, 0.15) is 0 Å². The largest absolute Gasteiger partial charge is 0.481 e. The summed E-state index contributed by atoms with van der Waals surface area (Å²) in [6, 6.07) is 0. The summed E-state index contributed by atoms with van der Waals surface area (Å²) >= 11 is 0. The lowest BCUT2D eigenvalue weighted by Crippen LogP contribution is -2.44. The average molecular weight is 320 g/mol. The minimum absolute atomic E-state index is 0.0659. The van der Waals surface area contributed by atoms with Gasteiger partial charge in [0.15, 0.2) is 0 Å². The summed E-state index contributed by atoms with van der Waals surface area (Å²) in [5, 5.41) is 17.4. The predicted molar refractivity (Wildman–Crippen MR) is 77.4 cm³/mol. The first-order valence-corrected chi connectivity index (χ1v) is 9.02. The number of nitrogens with zero attached hydrogens (tertiary/aromatic N) is 2. The van der Waals surface area contributed by atoms with Crippen LogP contribution in [0.2, 0.25) is 0 Å². The Hall–Kier alpha value is -0.700. The monoisotopic (exact) mass is 320 g/mol. The fourth-order valence-electron chi connectivity index (χ4n) is 3.32. The van der Waals surface area contributed by atoms with E-state index in [0.717, 1.165) is 6.54 Å². The molecule has 0 amide bonds. The zero-order valence-electron chi connectivity index (χ0n) is 12.1. The fourth-order valence-corrected chi connectivity index (χ4v) is 5.56. The molecule has 2 aliphatic rings. The van der Waals surface area contributed by atoms with Crippen molar-refractivity contribution in [2.45, 2.75) is 30.9 Å². The Morgan fingerprint density at radius 2 is 1.86 bits per heavy atom. The summed E-state index contributed by atoms with van der Waals surface area (Å²) in [4.78, 5) is 13.3. The lowest BCUT2D eigenvalue weighted by atomic mass is 10.1. The third kappa shape index (κ3) is 3.74. The highest BCUT2D eigenvalue weighted by Gasteiger charge is 2.44. The Morgan fingerprint density at radius 3 is 2.52 bits per heavy atom. The van der Waals surface area contributed by atoms with Crippen LogP contribution in [0.1, 0.15) is 25.7 Å². The van der Waals surface area contributed by atoms with E-state index >= 15 is 0 Å². The van der Waals surface area contributed by atoms with Gasteiger partial charge in [-0.25, -0.2) is 12.7 Å². The average Bonchev–Trinajstić information content (AvgIpc) is 2.81. The molecule has 0 bridgehead atoms. The molecule has 0 aromatic heterocycles. The maximum atomic E-state index is 12.7. The minimum Gasteiger partial charge on any atom is -0.481 e. The van der Waals surface area contributed by atoms with Gasteiger partial charge in [0.05, 0.1) is 17.8 Å². The van der Waals surface area contributed by atoms with Crippen LogP contribution in [0, 0.1) is 5.92 Å². The van der Waals surface area contributed by atoms with Gasteiger partial charge in [-0.15, -0.1) is 0 Å². The molecule has 0 spiro atoms. The first kappa shape index (κ1) is 16.7. The Bertz CT molecular complexity index is 467. The molecule has 0 aromatic carbocycles. The van der Waals surface area contributed by atoms with Gasteiger partial charge in [0, 0.05) is 26.2 Å². The van der Waals surface area contributed by atoms with Crippen molar-refractivity contribution in [2.75, 3.05) is 39.3 Å². The van der Waals surface area contributed by atoms with Gasteiger partial charge < -0.3 is 10.2 Å². The molecule has 0 aromatic rings. The number of hydrogen-bond acceptors (Lipinski definition) is 5. The van der Waals surface area contributed by atoms with E-state index in [4.69, 9.17) is 5.11 Å². The van der Waals surface area contributed by atoms with Crippen molar-refractivity contribution in [1.29, 1.82) is 0 Å². The maximum absolute atomic E-state index is 12.7. The molecule has 8 heteroatoms. The van der Waals surface area contributed by atoms with E-state index in [0.29, 0.717) is 51.9 Å². The quantitative estimate of drug-likeness (QED) is 0.713. The van der Waals surface area contributed by atoms with E-state index < -0.39 is 27.2 Å². The van der Waals surface area contributed by atoms with Crippen molar-refractivity contribution in [3.63, 3.8) is 0 Å². The third-order valence-corrected chi connectivity index (χ3v) is 6.89. The lowest BCUT2D eigenvalue weighted by molar-refractivity contribution is -0.141. The van der Waals surface area contributed by atoms with E-state index in [2.05, 4.69) is 0 Å². The van der Waals surface area contributed by atoms with Gasteiger partial charge >= 0.3 is 5.97 Å². The summed E-state index contributed by atoms with van der Waals surface area (Å²) in [5.74, 6) is -1.77. The highest BCUT2D eigenvalue weighted by atomic mass is 32.2. The molecular formula is C13H24N2O5S. The SMILES string of the molecule is O=C(O)C1CCCC1S(=O)(=O)N1CCCN(CCO)CC1. The van der Waals surface area contributed by atoms with E-state index in [-0.39, 0.29) is 6.61 Å². The molecule has 1 heterocycles. The van der Waals surface area contributed by atoms with Gasteiger partial charge in [-0.3, -0.25) is 9.69 Å². The molecule has 0 radical (unpaired) electrons. The fraction of sp³-hybridized carbons (Fsp3) is 0.923. The van der Waals surface area contributed by atoms with Crippen LogP contribution in [0.15, 0.2) is 0 Å². The molecule has 1 saturated heterocycles. The Balaban J connectivity index is 2.07. The van der Waals surface area contributed by atoms with Crippen molar-refractivity contribution in [3.8, 4) is 0 Å². The van der Waals surface area contributed by atoms with Gasteiger partial charge in [0.2, 0.25) is 10.0 Å². The van der Waals surface area contributed by atoms with E-state index in [1.807, 2.05) is 4.90 Å². The summed E-state index contributed by atoms with van der Waals surface area (Å²) in [6.45, 7) is 2.79. The molecule has 2 atom stereocenters. The molecule has 122 valence electrons. The number of carbonyl (C=O) groups is 1. The van der Waals surface area contributed by atoms with Crippen molar-refractivity contribution in [3.05, 3.63) is 0 Å². The van der Waals surface area contributed by atoms with Gasteiger partial charge in [-0.2, -0.15) is 0 Å². The second kappa shape index (κ2) is 7.04. The van der Waals surface area contributed by atoms with Crippen LogP contribution in [0.5, 0.6) is 0 Å². The second-order valence-electron chi connectivity index (χ2n) is 5.78. The van der Waals surface area contributed by atoms with Crippen LogP contribution >= 0.6 is 0 Å².